The number of benzene rings is 3. The summed E-state index contributed by atoms with van der Waals surface area (Å²) < 4.78 is 11.5. The van der Waals surface area contributed by atoms with Crippen LogP contribution in [0.3, 0.4) is 0 Å². The van der Waals surface area contributed by atoms with E-state index >= 15 is 0 Å². The molecule has 0 spiro atoms. The average molecular weight is 526 g/mol. The Labute approximate surface area is 228 Å². The third kappa shape index (κ3) is 6.41. The van der Waals surface area contributed by atoms with Crippen molar-refractivity contribution in [1.82, 2.24) is 14.9 Å². The van der Waals surface area contributed by atoms with Gasteiger partial charge in [-0.05, 0) is 30.5 Å². The fourth-order valence-corrected chi connectivity index (χ4v) is 5.60. The van der Waals surface area contributed by atoms with E-state index in [4.69, 9.17) is 19.4 Å². The second-order valence-electron chi connectivity index (χ2n) is 9.20. The molecule has 4 aromatic rings. The van der Waals surface area contributed by atoms with E-state index in [1.54, 1.807) is 11.8 Å². The zero-order valence-corrected chi connectivity index (χ0v) is 22.2. The summed E-state index contributed by atoms with van der Waals surface area (Å²) in [5, 5.41) is 0.671. The first-order valence-electron chi connectivity index (χ1n) is 12.8. The van der Waals surface area contributed by atoms with Gasteiger partial charge in [0.25, 0.3) is 0 Å². The van der Waals surface area contributed by atoms with Crippen molar-refractivity contribution in [1.29, 1.82) is 0 Å². The zero-order valence-electron chi connectivity index (χ0n) is 21.4. The molecular weight excluding hydrogens is 494 g/mol. The second-order valence-corrected chi connectivity index (χ2v) is 10.1. The molecule has 194 valence electrons. The minimum atomic E-state index is -0.459. The largest absolute Gasteiger partial charge is 0.476 e. The molecular formula is C31H31N3O3S. The number of methoxy groups -OCH3 is 1. The van der Waals surface area contributed by atoms with Gasteiger partial charge in [0.15, 0.2) is 5.16 Å². The lowest BCUT2D eigenvalue weighted by atomic mass is 10.0. The standard InChI is InChI=1S/C31H31N3O3S/c1-36-30(35)29(25-16-9-4-10-17-25)34-19-11-18-26(34)21-37-28-20-27(24-14-7-3-8-15-24)32-31(33-28)38-22-23-12-5-2-6-13-23/h2-10,12-17,20,26,29H,11,18-19,21-22H2,1H3. The van der Waals surface area contributed by atoms with Crippen molar-refractivity contribution in [2.24, 2.45) is 0 Å². The number of carbonyl (C=O) groups is 1. The highest BCUT2D eigenvalue weighted by Gasteiger charge is 2.37. The van der Waals surface area contributed by atoms with Gasteiger partial charge in [-0.1, -0.05) is 103 Å². The predicted molar refractivity (Wildman–Crippen MR) is 150 cm³/mol. The SMILES string of the molecule is COC(=O)C(c1ccccc1)N1CCCC1COc1cc(-c2ccccc2)nc(SCc2ccccc2)n1. The first-order valence-corrected chi connectivity index (χ1v) is 13.8. The van der Waals surface area contributed by atoms with E-state index in [2.05, 4.69) is 17.0 Å². The van der Waals surface area contributed by atoms with Gasteiger partial charge >= 0.3 is 5.97 Å². The predicted octanol–water partition coefficient (Wildman–Crippen LogP) is 6.19. The molecule has 2 atom stereocenters. The van der Waals surface area contributed by atoms with Crippen LogP contribution < -0.4 is 4.74 Å². The number of aromatic nitrogens is 2. The lowest BCUT2D eigenvalue weighted by Gasteiger charge is -2.31. The monoisotopic (exact) mass is 525 g/mol. The molecule has 2 unspecified atom stereocenters. The Hall–Kier alpha value is -3.68. The molecule has 0 N–H and O–H groups in total. The number of rotatable bonds is 10. The Morgan fingerprint density at radius 1 is 0.974 bits per heavy atom. The van der Waals surface area contributed by atoms with Crippen LogP contribution in [-0.4, -0.2) is 47.1 Å². The third-order valence-corrected chi connectivity index (χ3v) is 7.60. The molecule has 1 aromatic heterocycles. The normalized spacial score (nSPS) is 16.2. The number of hydrogen-bond acceptors (Lipinski definition) is 7. The summed E-state index contributed by atoms with van der Waals surface area (Å²) in [4.78, 5) is 24.6. The van der Waals surface area contributed by atoms with Crippen molar-refractivity contribution in [3.8, 4) is 17.1 Å². The summed E-state index contributed by atoms with van der Waals surface area (Å²) in [6.07, 6.45) is 1.93. The molecule has 1 saturated heterocycles. The van der Waals surface area contributed by atoms with Gasteiger partial charge in [-0.3, -0.25) is 4.90 Å². The van der Waals surface area contributed by atoms with Crippen molar-refractivity contribution in [3.63, 3.8) is 0 Å². The minimum Gasteiger partial charge on any atom is -0.476 e. The van der Waals surface area contributed by atoms with Gasteiger partial charge in [0, 0.05) is 23.4 Å². The molecule has 0 amide bonds. The summed E-state index contributed by atoms with van der Waals surface area (Å²) >= 11 is 1.59. The number of esters is 1. The van der Waals surface area contributed by atoms with Crippen LogP contribution in [-0.2, 0) is 15.3 Å². The summed E-state index contributed by atoms with van der Waals surface area (Å²) in [5.41, 5.74) is 3.98. The number of likely N-dealkylation sites (tertiary alicyclic amines) is 1. The molecule has 0 radical (unpaired) electrons. The van der Waals surface area contributed by atoms with Crippen LogP contribution in [0.4, 0.5) is 0 Å². The fourth-order valence-electron chi connectivity index (χ4n) is 4.79. The van der Waals surface area contributed by atoms with Gasteiger partial charge in [0.2, 0.25) is 5.88 Å². The van der Waals surface area contributed by atoms with Gasteiger partial charge in [0.05, 0.1) is 12.8 Å². The van der Waals surface area contributed by atoms with Gasteiger partial charge < -0.3 is 9.47 Å². The number of ether oxygens (including phenoxy) is 2. The Morgan fingerprint density at radius 2 is 1.66 bits per heavy atom. The summed E-state index contributed by atoms with van der Waals surface area (Å²) in [6, 6.07) is 31.7. The molecule has 6 nitrogen and oxygen atoms in total. The first-order chi connectivity index (χ1) is 18.7. The van der Waals surface area contributed by atoms with E-state index in [0.717, 1.165) is 42.0 Å². The Kier molecular flexibility index (Phi) is 8.68. The van der Waals surface area contributed by atoms with Crippen molar-refractivity contribution in [3.05, 3.63) is 108 Å². The zero-order chi connectivity index (χ0) is 26.2. The highest BCUT2D eigenvalue weighted by molar-refractivity contribution is 7.98. The first kappa shape index (κ1) is 25.9. The van der Waals surface area contributed by atoms with E-state index in [-0.39, 0.29) is 12.0 Å². The Balaban J connectivity index is 1.35. The van der Waals surface area contributed by atoms with E-state index in [9.17, 15) is 4.79 Å². The van der Waals surface area contributed by atoms with Crippen molar-refractivity contribution >= 4 is 17.7 Å². The topological polar surface area (TPSA) is 64.5 Å². The van der Waals surface area contributed by atoms with E-state index in [1.807, 2.05) is 84.9 Å². The quantitative estimate of drug-likeness (QED) is 0.139. The number of carbonyl (C=O) groups excluding carboxylic acids is 1. The number of nitrogens with zero attached hydrogens (tertiary/aromatic N) is 3. The third-order valence-electron chi connectivity index (χ3n) is 6.68. The van der Waals surface area contributed by atoms with Gasteiger partial charge in [-0.2, -0.15) is 4.98 Å². The van der Waals surface area contributed by atoms with Gasteiger partial charge in [-0.15, -0.1) is 0 Å². The van der Waals surface area contributed by atoms with Crippen LogP contribution >= 0.6 is 11.8 Å². The van der Waals surface area contributed by atoms with Gasteiger partial charge in [0.1, 0.15) is 12.6 Å². The fraction of sp³-hybridized carbons (Fsp3) is 0.258. The molecule has 1 fully saturated rings. The maximum atomic E-state index is 12.8. The van der Waals surface area contributed by atoms with E-state index < -0.39 is 6.04 Å². The maximum Gasteiger partial charge on any atom is 0.327 e. The van der Waals surface area contributed by atoms with E-state index in [1.165, 1.54) is 12.7 Å². The smallest absolute Gasteiger partial charge is 0.327 e. The van der Waals surface area contributed by atoms with Crippen LogP contribution in [0.2, 0.25) is 0 Å². The molecule has 1 aliphatic heterocycles. The molecule has 7 heteroatoms. The summed E-state index contributed by atoms with van der Waals surface area (Å²) in [6.45, 7) is 1.23. The molecule has 0 bridgehead atoms. The van der Waals surface area contributed by atoms with Crippen LogP contribution in [0.5, 0.6) is 5.88 Å². The van der Waals surface area contributed by atoms with Crippen molar-refractivity contribution in [2.75, 3.05) is 20.3 Å². The van der Waals surface area contributed by atoms with Crippen LogP contribution in [0.1, 0.15) is 30.0 Å². The molecule has 1 aliphatic rings. The van der Waals surface area contributed by atoms with Crippen LogP contribution in [0.15, 0.2) is 102 Å². The van der Waals surface area contributed by atoms with Crippen molar-refractivity contribution in [2.45, 2.75) is 35.8 Å². The Bertz CT molecular complexity index is 1320. The minimum absolute atomic E-state index is 0.0647. The van der Waals surface area contributed by atoms with Gasteiger partial charge in [-0.25, -0.2) is 9.78 Å². The molecule has 2 heterocycles. The number of thioether (sulfide) groups is 1. The summed E-state index contributed by atoms with van der Waals surface area (Å²) in [5.74, 6) is 1.05. The molecule has 38 heavy (non-hydrogen) atoms. The molecule has 5 rings (SSSR count). The Morgan fingerprint density at radius 3 is 2.37 bits per heavy atom. The summed E-state index contributed by atoms with van der Waals surface area (Å²) in [7, 11) is 1.44. The maximum absolute atomic E-state index is 12.8. The average Bonchev–Trinajstić information content (AvgIpc) is 3.44. The second kappa shape index (κ2) is 12.7. The lowest BCUT2D eigenvalue weighted by molar-refractivity contribution is -0.148. The van der Waals surface area contributed by atoms with Crippen molar-refractivity contribution < 1.29 is 14.3 Å². The lowest BCUT2D eigenvalue weighted by Crippen LogP contribution is -2.41. The molecule has 0 aliphatic carbocycles. The molecule has 3 aromatic carbocycles. The highest BCUT2D eigenvalue weighted by Crippen LogP contribution is 2.32. The molecule has 0 saturated carbocycles. The van der Waals surface area contributed by atoms with Crippen LogP contribution in [0.25, 0.3) is 11.3 Å². The van der Waals surface area contributed by atoms with Crippen LogP contribution in [0, 0.1) is 0 Å². The highest BCUT2D eigenvalue weighted by atomic mass is 32.2. The number of hydrogen-bond donors (Lipinski definition) is 0. The van der Waals surface area contributed by atoms with E-state index in [0.29, 0.717) is 17.6 Å².